The SMILES string of the molecule is CC(NCCCc1ccccc1)c1cncs1. The van der Waals surface area contributed by atoms with Gasteiger partial charge in [0.2, 0.25) is 0 Å². The maximum absolute atomic E-state index is 4.10. The van der Waals surface area contributed by atoms with Crippen LogP contribution < -0.4 is 5.32 Å². The van der Waals surface area contributed by atoms with Crippen LogP contribution in [0, 0.1) is 0 Å². The molecule has 1 atom stereocenters. The molecular formula is C14H18N2S. The van der Waals surface area contributed by atoms with Gasteiger partial charge in [-0.05, 0) is 31.9 Å². The molecule has 0 aliphatic carbocycles. The van der Waals surface area contributed by atoms with E-state index >= 15 is 0 Å². The van der Waals surface area contributed by atoms with Gasteiger partial charge in [-0.2, -0.15) is 0 Å². The monoisotopic (exact) mass is 246 g/mol. The lowest BCUT2D eigenvalue weighted by Gasteiger charge is -2.11. The van der Waals surface area contributed by atoms with Crippen molar-refractivity contribution in [1.29, 1.82) is 0 Å². The Labute approximate surface area is 107 Å². The zero-order valence-electron chi connectivity index (χ0n) is 10.1. The van der Waals surface area contributed by atoms with Gasteiger partial charge in [0.15, 0.2) is 0 Å². The Morgan fingerprint density at radius 2 is 2.12 bits per heavy atom. The van der Waals surface area contributed by atoms with Crippen molar-refractivity contribution >= 4 is 11.3 Å². The Balaban J connectivity index is 1.67. The highest BCUT2D eigenvalue weighted by molar-refractivity contribution is 7.09. The van der Waals surface area contributed by atoms with E-state index in [0.29, 0.717) is 6.04 Å². The van der Waals surface area contributed by atoms with Crippen LogP contribution in [0.3, 0.4) is 0 Å². The van der Waals surface area contributed by atoms with Crippen molar-refractivity contribution in [1.82, 2.24) is 10.3 Å². The number of aryl methyl sites for hydroxylation is 1. The fourth-order valence-corrected chi connectivity index (χ4v) is 2.45. The van der Waals surface area contributed by atoms with Crippen molar-refractivity contribution in [3.63, 3.8) is 0 Å². The van der Waals surface area contributed by atoms with Crippen LogP contribution in [0.1, 0.15) is 29.8 Å². The van der Waals surface area contributed by atoms with E-state index in [0.717, 1.165) is 13.0 Å². The fraction of sp³-hybridized carbons (Fsp3) is 0.357. The Bertz CT molecular complexity index is 411. The second-order valence-corrected chi connectivity index (χ2v) is 5.09. The summed E-state index contributed by atoms with van der Waals surface area (Å²) in [6, 6.07) is 11.1. The zero-order valence-corrected chi connectivity index (χ0v) is 10.9. The molecule has 0 saturated carbocycles. The summed E-state index contributed by atoms with van der Waals surface area (Å²) in [5, 5.41) is 3.53. The highest BCUT2D eigenvalue weighted by Crippen LogP contribution is 2.15. The van der Waals surface area contributed by atoms with E-state index in [1.807, 2.05) is 11.7 Å². The molecule has 0 spiro atoms. The van der Waals surface area contributed by atoms with Gasteiger partial charge in [0.25, 0.3) is 0 Å². The lowest BCUT2D eigenvalue weighted by atomic mass is 10.1. The Morgan fingerprint density at radius 1 is 1.29 bits per heavy atom. The molecule has 0 bridgehead atoms. The highest BCUT2D eigenvalue weighted by atomic mass is 32.1. The molecule has 0 fully saturated rings. The molecule has 0 radical (unpaired) electrons. The van der Waals surface area contributed by atoms with Gasteiger partial charge < -0.3 is 5.32 Å². The maximum atomic E-state index is 4.10. The summed E-state index contributed by atoms with van der Waals surface area (Å²) in [5.74, 6) is 0. The fourth-order valence-electron chi connectivity index (χ4n) is 1.80. The first-order valence-electron chi connectivity index (χ1n) is 6.02. The van der Waals surface area contributed by atoms with E-state index in [1.54, 1.807) is 11.3 Å². The van der Waals surface area contributed by atoms with Crippen LogP contribution >= 0.6 is 11.3 Å². The molecule has 2 rings (SSSR count). The van der Waals surface area contributed by atoms with E-state index in [1.165, 1.54) is 16.9 Å². The second-order valence-electron chi connectivity index (χ2n) is 4.17. The quantitative estimate of drug-likeness (QED) is 0.790. The first kappa shape index (κ1) is 12.3. The summed E-state index contributed by atoms with van der Waals surface area (Å²) in [5.41, 5.74) is 3.30. The predicted octanol–water partition coefficient (Wildman–Crippen LogP) is 3.43. The molecule has 1 aromatic carbocycles. The predicted molar refractivity (Wildman–Crippen MR) is 73.3 cm³/mol. The van der Waals surface area contributed by atoms with Gasteiger partial charge in [-0.3, -0.25) is 4.98 Å². The van der Waals surface area contributed by atoms with Gasteiger partial charge in [-0.25, -0.2) is 0 Å². The first-order valence-corrected chi connectivity index (χ1v) is 6.90. The topological polar surface area (TPSA) is 24.9 Å². The largest absolute Gasteiger partial charge is 0.309 e. The van der Waals surface area contributed by atoms with Crippen LogP contribution in [0.25, 0.3) is 0 Å². The number of nitrogens with zero attached hydrogens (tertiary/aromatic N) is 1. The molecule has 2 aromatic rings. The van der Waals surface area contributed by atoms with Crippen molar-refractivity contribution in [3.8, 4) is 0 Å². The van der Waals surface area contributed by atoms with Gasteiger partial charge in [0.1, 0.15) is 0 Å². The molecule has 3 heteroatoms. The van der Waals surface area contributed by atoms with Crippen LogP contribution in [-0.4, -0.2) is 11.5 Å². The van der Waals surface area contributed by atoms with Gasteiger partial charge in [-0.1, -0.05) is 30.3 Å². The van der Waals surface area contributed by atoms with Gasteiger partial charge >= 0.3 is 0 Å². The summed E-state index contributed by atoms with van der Waals surface area (Å²) in [6.07, 6.45) is 4.26. The summed E-state index contributed by atoms with van der Waals surface area (Å²) >= 11 is 1.71. The number of hydrogen-bond acceptors (Lipinski definition) is 3. The average molecular weight is 246 g/mol. The molecule has 0 aliphatic rings. The molecule has 17 heavy (non-hydrogen) atoms. The van der Waals surface area contributed by atoms with Crippen LogP contribution in [-0.2, 0) is 6.42 Å². The molecular weight excluding hydrogens is 228 g/mol. The normalized spacial score (nSPS) is 12.5. The van der Waals surface area contributed by atoms with Crippen molar-refractivity contribution in [3.05, 3.63) is 52.5 Å². The number of rotatable bonds is 6. The van der Waals surface area contributed by atoms with E-state index in [9.17, 15) is 0 Å². The van der Waals surface area contributed by atoms with E-state index in [4.69, 9.17) is 0 Å². The number of benzene rings is 1. The summed E-state index contributed by atoms with van der Waals surface area (Å²) in [6.45, 7) is 3.24. The molecule has 1 unspecified atom stereocenters. The van der Waals surface area contributed by atoms with Crippen LogP contribution in [0.5, 0.6) is 0 Å². The van der Waals surface area contributed by atoms with Crippen LogP contribution in [0.15, 0.2) is 42.0 Å². The Kier molecular flexibility index (Phi) is 4.71. The standard InChI is InChI=1S/C14H18N2S/c1-12(14-10-15-11-17-14)16-9-5-8-13-6-3-2-4-7-13/h2-4,6-7,10-12,16H,5,8-9H2,1H3. The van der Waals surface area contributed by atoms with Crippen molar-refractivity contribution < 1.29 is 0 Å². The summed E-state index contributed by atoms with van der Waals surface area (Å²) in [4.78, 5) is 5.41. The average Bonchev–Trinajstić information content (AvgIpc) is 2.89. The van der Waals surface area contributed by atoms with Gasteiger partial charge in [0.05, 0.1) is 5.51 Å². The van der Waals surface area contributed by atoms with Gasteiger partial charge in [0, 0.05) is 17.1 Å². The van der Waals surface area contributed by atoms with E-state index in [-0.39, 0.29) is 0 Å². The molecule has 1 heterocycles. The maximum Gasteiger partial charge on any atom is 0.0794 e. The van der Waals surface area contributed by atoms with Crippen molar-refractivity contribution in [2.45, 2.75) is 25.8 Å². The third-order valence-electron chi connectivity index (χ3n) is 2.81. The minimum absolute atomic E-state index is 0.415. The van der Waals surface area contributed by atoms with E-state index < -0.39 is 0 Å². The summed E-state index contributed by atoms with van der Waals surface area (Å²) < 4.78 is 0. The molecule has 1 aromatic heterocycles. The lowest BCUT2D eigenvalue weighted by Crippen LogP contribution is -2.19. The smallest absolute Gasteiger partial charge is 0.0794 e. The van der Waals surface area contributed by atoms with Crippen molar-refractivity contribution in [2.24, 2.45) is 0 Å². The first-order chi connectivity index (χ1) is 8.36. The van der Waals surface area contributed by atoms with Crippen molar-refractivity contribution in [2.75, 3.05) is 6.54 Å². The van der Waals surface area contributed by atoms with E-state index in [2.05, 4.69) is 47.6 Å². The second kappa shape index (κ2) is 6.52. The van der Waals surface area contributed by atoms with Crippen LogP contribution in [0.2, 0.25) is 0 Å². The minimum atomic E-state index is 0.415. The van der Waals surface area contributed by atoms with Crippen LogP contribution in [0.4, 0.5) is 0 Å². The highest BCUT2D eigenvalue weighted by Gasteiger charge is 2.05. The lowest BCUT2D eigenvalue weighted by molar-refractivity contribution is 0.564. The molecule has 2 nitrogen and oxygen atoms in total. The molecule has 90 valence electrons. The number of aromatic nitrogens is 1. The third-order valence-corrected chi connectivity index (χ3v) is 3.77. The minimum Gasteiger partial charge on any atom is -0.309 e. The summed E-state index contributed by atoms with van der Waals surface area (Å²) in [7, 11) is 0. The molecule has 0 amide bonds. The molecule has 0 saturated heterocycles. The Hall–Kier alpha value is -1.19. The zero-order chi connectivity index (χ0) is 11.9. The number of thiazole rings is 1. The molecule has 1 N–H and O–H groups in total. The van der Waals surface area contributed by atoms with Gasteiger partial charge in [-0.15, -0.1) is 11.3 Å². The number of nitrogens with one attached hydrogen (secondary N) is 1. The molecule has 0 aliphatic heterocycles. The number of hydrogen-bond donors (Lipinski definition) is 1. The third kappa shape index (κ3) is 3.95. The Morgan fingerprint density at radius 3 is 2.82 bits per heavy atom.